The Kier molecular flexibility index (Phi) is 5.09. The zero-order valence-electron chi connectivity index (χ0n) is 17.0. The van der Waals surface area contributed by atoms with Crippen LogP contribution in [0.3, 0.4) is 0 Å². The van der Waals surface area contributed by atoms with Gasteiger partial charge in [0.1, 0.15) is 5.82 Å². The quantitative estimate of drug-likeness (QED) is 0.529. The first-order chi connectivity index (χ1) is 15.2. The third-order valence-corrected chi connectivity index (χ3v) is 5.19. The Bertz CT molecular complexity index is 1200. The standard InChI is InChI=1S/C22H21FN6O2/c1-30-21-7-2-15(13-24-21)19-6-4-17-14-25-22(27-29(17)19)26-16-3-5-18(23)20(12-16)28-8-10-31-11-9-28/h2-7,12-14H,8-11H2,1H3,(H,26,27). The van der Waals surface area contributed by atoms with Crippen molar-refractivity contribution < 1.29 is 13.9 Å². The minimum absolute atomic E-state index is 0.261. The second-order valence-electron chi connectivity index (χ2n) is 7.12. The third-order valence-electron chi connectivity index (χ3n) is 5.19. The molecule has 1 N–H and O–H groups in total. The highest BCUT2D eigenvalue weighted by Gasteiger charge is 2.16. The Morgan fingerprint density at radius 3 is 2.68 bits per heavy atom. The van der Waals surface area contributed by atoms with Gasteiger partial charge in [-0.2, -0.15) is 0 Å². The Morgan fingerprint density at radius 1 is 1.03 bits per heavy atom. The van der Waals surface area contributed by atoms with Crippen LogP contribution >= 0.6 is 0 Å². The fourth-order valence-corrected chi connectivity index (χ4v) is 3.60. The average Bonchev–Trinajstić information content (AvgIpc) is 3.24. The van der Waals surface area contributed by atoms with Gasteiger partial charge in [0.15, 0.2) is 0 Å². The number of fused-ring (bicyclic) bond motifs is 1. The average molecular weight is 420 g/mol. The van der Waals surface area contributed by atoms with Crippen molar-refractivity contribution in [3.05, 3.63) is 60.7 Å². The van der Waals surface area contributed by atoms with Crippen molar-refractivity contribution in [3.63, 3.8) is 0 Å². The summed E-state index contributed by atoms with van der Waals surface area (Å²) in [6, 6.07) is 12.5. The van der Waals surface area contributed by atoms with Gasteiger partial charge in [0.05, 0.1) is 43.4 Å². The summed E-state index contributed by atoms with van der Waals surface area (Å²) in [6.07, 6.45) is 3.48. The maximum atomic E-state index is 14.4. The van der Waals surface area contributed by atoms with Crippen molar-refractivity contribution in [2.24, 2.45) is 0 Å². The van der Waals surface area contributed by atoms with Gasteiger partial charge in [-0.05, 0) is 36.4 Å². The molecule has 0 radical (unpaired) electrons. The van der Waals surface area contributed by atoms with E-state index >= 15 is 0 Å². The lowest BCUT2D eigenvalue weighted by molar-refractivity contribution is 0.122. The SMILES string of the molecule is COc1ccc(-c2ccc3cnc(Nc4ccc(F)c(N5CCOCC5)c4)nn23)cn1. The number of methoxy groups -OCH3 is 1. The van der Waals surface area contributed by atoms with Crippen LogP contribution in [-0.2, 0) is 4.74 Å². The number of aromatic nitrogens is 4. The maximum absolute atomic E-state index is 14.4. The number of anilines is 3. The van der Waals surface area contributed by atoms with Gasteiger partial charge in [0.25, 0.3) is 0 Å². The lowest BCUT2D eigenvalue weighted by Gasteiger charge is -2.29. The molecule has 0 spiro atoms. The first-order valence-electron chi connectivity index (χ1n) is 9.96. The van der Waals surface area contributed by atoms with Crippen molar-refractivity contribution in [2.75, 3.05) is 43.6 Å². The van der Waals surface area contributed by atoms with Crippen molar-refractivity contribution in [1.29, 1.82) is 0 Å². The predicted octanol–water partition coefficient (Wildman–Crippen LogP) is 3.52. The zero-order valence-corrected chi connectivity index (χ0v) is 17.0. The Morgan fingerprint density at radius 2 is 1.90 bits per heavy atom. The largest absolute Gasteiger partial charge is 0.481 e. The molecular weight excluding hydrogens is 399 g/mol. The molecule has 3 aromatic heterocycles. The number of halogens is 1. The summed E-state index contributed by atoms with van der Waals surface area (Å²) < 4.78 is 26.7. The summed E-state index contributed by atoms with van der Waals surface area (Å²) in [6.45, 7) is 2.50. The van der Waals surface area contributed by atoms with Crippen LogP contribution in [-0.4, -0.2) is 53.0 Å². The van der Waals surface area contributed by atoms with Gasteiger partial charge < -0.3 is 19.7 Å². The summed E-state index contributed by atoms with van der Waals surface area (Å²) in [5.74, 6) is 0.698. The first-order valence-corrected chi connectivity index (χ1v) is 9.96. The summed E-state index contributed by atoms with van der Waals surface area (Å²) in [7, 11) is 1.58. The second kappa shape index (κ2) is 8.19. The molecule has 4 aromatic rings. The van der Waals surface area contributed by atoms with Crippen LogP contribution < -0.4 is 15.0 Å². The lowest BCUT2D eigenvalue weighted by atomic mass is 10.2. The van der Waals surface area contributed by atoms with Crippen molar-refractivity contribution in [3.8, 4) is 17.1 Å². The van der Waals surface area contributed by atoms with E-state index in [2.05, 4.69) is 20.4 Å². The molecule has 9 heteroatoms. The van der Waals surface area contributed by atoms with E-state index in [1.807, 2.05) is 23.1 Å². The lowest BCUT2D eigenvalue weighted by Crippen LogP contribution is -2.36. The number of hydrogen-bond donors (Lipinski definition) is 1. The molecule has 0 saturated carbocycles. The number of ether oxygens (including phenoxy) is 2. The van der Waals surface area contributed by atoms with Crippen LogP contribution in [0.1, 0.15) is 0 Å². The van der Waals surface area contributed by atoms with Crippen molar-refractivity contribution in [1.82, 2.24) is 19.6 Å². The highest BCUT2D eigenvalue weighted by atomic mass is 19.1. The third kappa shape index (κ3) is 3.87. The predicted molar refractivity (Wildman–Crippen MR) is 115 cm³/mol. The molecule has 8 nitrogen and oxygen atoms in total. The monoisotopic (exact) mass is 420 g/mol. The molecule has 0 amide bonds. The van der Waals surface area contributed by atoms with Crippen LogP contribution in [0.15, 0.2) is 54.9 Å². The number of morpholine rings is 1. The number of pyridine rings is 1. The van der Waals surface area contributed by atoms with Gasteiger partial charge in [-0.1, -0.05) is 0 Å². The molecule has 0 bridgehead atoms. The van der Waals surface area contributed by atoms with E-state index in [-0.39, 0.29) is 5.82 Å². The molecule has 31 heavy (non-hydrogen) atoms. The van der Waals surface area contributed by atoms with Crippen LogP contribution in [0.2, 0.25) is 0 Å². The molecule has 5 rings (SSSR count). The van der Waals surface area contributed by atoms with E-state index in [0.717, 1.165) is 16.8 Å². The highest BCUT2D eigenvalue weighted by Crippen LogP contribution is 2.27. The van der Waals surface area contributed by atoms with E-state index in [1.165, 1.54) is 6.07 Å². The number of nitrogens with one attached hydrogen (secondary N) is 1. The van der Waals surface area contributed by atoms with Gasteiger partial charge >= 0.3 is 0 Å². The molecule has 1 aliphatic heterocycles. The van der Waals surface area contributed by atoms with Gasteiger partial charge in [-0.25, -0.2) is 18.9 Å². The number of hydrogen-bond acceptors (Lipinski definition) is 7. The minimum Gasteiger partial charge on any atom is -0.481 e. The summed E-state index contributed by atoms with van der Waals surface area (Å²) in [4.78, 5) is 10.6. The molecule has 0 aliphatic carbocycles. The molecular formula is C22H21FN6O2. The maximum Gasteiger partial charge on any atom is 0.245 e. The van der Waals surface area contributed by atoms with Crippen LogP contribution in [0.5, 0.6) is 5.88 Å². The van der Waals surface area contributed by atoms with Crippen LogP contribution in [0, 0.1) is 5.82 Å². The van der Waals surface area contributed by atoms with Crippen molar-refractivity contribution in [2.45, 2.75) is 0 Å². The highest BCUT2D eigenvalue weighted by molar-refractivity contribution is 5.67. The first kappa shape index (κ1) is 19.3. The Labute approximate surface area is 178 Å². The molecule has 0 atom stereocenters. The molecule has 4 heterocycles. The number of rotatable bonds is 5. The normalized spacial score (nSPS) is 14.1. The molecule has 158 valence electrons. The summed E-state index contributed by atoms with van der Waals surface area (Å²) >= 11 is 0. The van der Waals surface area contributed by atoms with Gasteiger partial charge in [-0.15, -0.1) is 5.10 Å². The van der Waals surface area contributed by atoms with Crippen LogP contribution in [0.4, 0.5) is 21.7 Å². The topological polar surface area (TPSA) is 76.8 Å². The van der Waals surface area contributed by atoms with E-state index < -0.39 is 0 Å². The van der Waals surface area contributed by atoms with Gasteiger partial charge in [0.2, 0.25) is 11.8 Å². The second-order valence-corrected chi connectivity index (χ2v) is 7.12. The Hall–Kier alpha value is -3.72. The van der Waals surface area contributed by atoms with E-state index in [1.54, 1.807) is 42.2 Å². The van der Waals surface area contributed by atoms with E-state index in [9.17, 15) is 4.39 Å². The van der Waals surface area contributed by atoms with Gasteiger partial charge in [0, 0.05) is 36.6 Å². The number of nitrogens with zero attached hydrogens (tertiary/aromatic N) is 5. The Balaban J connectivity index is 1.44. The summed E-state index contributed by atoms with van der Waals surface area (Å²) in [5, 5.41) is 7.81. The van der Waals surface area contributed by atoms with Gasteiger partial charge in [-0.3, -0.25) is 0 Å². The molecule has 0 unspecified atom stereocenters. The number of benzene rings is 1. The molecule has 1 aromatic carbocycles. The molecule has 1 aliphatic rings. The smallest absolute Gasteiger partial charge is 0.245 e. The van der Waals surface area contributed by atoms with E-state index in [4.69, 9.17) is 9.47 Å². The fourth-order valence-electron chi connectivity index (χ4n) is 3.60. The fraction of sp³-hybridized carbons (Fsp3) is 0.227. The minimum atomic E-state index is -0.261. The molecule has 1 fully saturated rings. The molecule has 1 saturated heterocycles. The van der Waals surface area contributed by atoms with E-state index in [0.29, 0.717) is 49.5 Å². The van der Waals surface area contributed by atoms with Crippen LogP contribution in [0.25, 0.3) is 16.8 Å². The summed E-state index contributed by atoms with van der Waals surface area (Å²) in [5.41, 5.74) is 3.89. The zero-order chi connectivity index (χ0) is 21.2. The van der Waals surface area contributed by atoms with Crippen molar-refractivity contribution >= 4 is 22.8 Å².